The average Bonchev–Trinajstić information content (AvgIpc) is 3.27. The van der Waals surface area contributed by atoms with E-state index in [2.05, 4.69) is 23.5 Å². The van der Waals surface area contributed by atoms with E-state index in [9.17, 15) is 31.2 Å². The standard InChI is InChI=1S/C29H35ClF3N3O5S/c1-17(2)35(3)20-9-12-24(18(15-20)16-42(39,40)21-10-7-19(30)8-11-21)36-14-13-23(28(36)38)26-22(27(34)37)5-4-6-25(26)41-29(31,32)33/h4-8,10-11,17-18,20,23-24H,9,12-16H2,1-3H3,(H2,34,37)/t18-,20+,23-,24-/m0/s1. The lowest BCUT2D eigenvalue weighted by Crippen LogP contribution is -2.51. The van der Waals surface area contributed by atoms with Gasteiger partial charge in [0, 0.05) is 40.8 Å². The molecule has 0 spiro atoms. The van der Waals surface area contributed by atoms with E-state index >= 15 is 0 Å². The van der Waals surface area contributed by atoms with Gasteiger partial charge in [0.2, 0.25) is 11.8 Å². The summed E-state index contributed by atoms with van der Waals surface area (Å²) in [5.41, 5.74) is 5.06. The van der Waals surface area contributed by atoms with E-state index in [-0.39, 0.29) is 46.8 Å². The van der Waals surface area contributed by atoms with Gasteiger partial charge in [-0.2, -0.15) is 0 Å². The van der Waals surface area contributed by atoms with E-state index in [4.69, 9.17) is 17.3 Å². The van der Waals surface area contributed by atoms with Crippen LogP contribution in [0.15, 0.2) is 47.4 Å². The van der Waals surface area contributed by atoms with Gasteiger partial charge in [0.25, 0.3) is 0 Å². The summed E-state index contributed by atoms with van der Waals surface area (Å²) in [4.78, 5) is 30.0. The summed E-state index contributed by atoms with van der Waals surface area (Å²) in [6.45, 7) is 4.29. The zero-order valence-electron chi connectivity index (χ0n) is 23.6. The molecule has 2 amide bonds. The third kappa shape index (κ3) is 7.03. The monoisotopic (exact) mass is 629 g/mol. The summed E-state index contributed by atoms with van der Waals surface area (Å²) in [6.07, 6.45) is -3.18. The van der Waals surface area contributed by atoms with Gasteiger partial charge < -0.3 is 20.3 Å². The van der Waals surface area contributed by atoms with Crippen molar-refractivity contribution in [2.45, 2.75) is 74.8 Å². The summed E-state index contributed by atoms with van der Waals surface area (Å²) in [5.74, 6) is -3.86. The molecule has 2 aliphatic rings. The maximum absolute atomic E-state index is 13.9. The zero-order chi connectivity index (χ0) is 31.0. The quantitative estimate of drug-likeness (QED) is 0.418. The molecule has 230 valence electrons. The number of rotatable bonds is 9. The minimum absolute atomic E-state index is 0.0857. The number of benzene rings is 2. The molecule has 0 unspecified atom stereocenters. The van der Waals surface area contributed by atoms with Crippen LogP contribution in [-0.2, 0) is 14.6 Å². The molecule has 4 rings (SSSR count). The molecule has 1 saturated carbocycles. The van der Waals surface area contributed by atoms with Crippen LogP contribution in [0.5, 0.6) is 5.75 Å². The fourth-order valence-corrected chi connectivity index (χ4v) is 8.05. The molecule has 1 aliphatic heterocycles. The summed E-state index contributed by atoms with van der Waals surface area (Å²) < 4.78 is 70.9. The summed E-state index contributed by atoms with van der Waals surface area (Å²) in [5, 5.41) is 0.405. The SMILES string of the molecule is CC(C)N(C)[C@@H]1CC[C@H](N2CC[C@@H](c3c(OC(F)(F)F)cccc3C(N)=O)C2=O)[C@H](CS(=O)(=O)c2ccc(Cl)cc2)C1. The third-order valence-corrected chi connectivity index (χ3v) is 10.6. The lowest BCUT2D eigenvalue weighted by atomic mass is 9.80. The number of nitrogens with two attached hydrogens (primary N) is 1. The number of ether oxygens (including phenoxy) is 1. The molecule has 0 aromatic heterocycles. The Hall–Kier alpha value is -2.83. The van der Waals surface area contributed by atoms with Gasteiger partial charge in [0.1, 0.15) is 5.75 Å². The number of nitrogens with zero attached hydrogens (tertiary/aromatic N) is 2. The molecule has 2 aromatic carbocycles. The van der Waals surface area contributed by atoms with Crippen LogP contribution >= 0.6 is 11.6 Å². The van der Waals surface area contributed by atoms with Crippen molar-refractivity contribution in [3.8, 4) is 5.75 Å². The van der Waals surface area contributed by atoms with Gasteiger partial charge in [-0.3, -0.25) is 9.59 Å². The van der Waals surface area contributed by atoms with Crippen LogP contribution in [0.3, 0.4) is 0 Å². The number of halogens is 4. The van der Waals surface area contributed by atoms with Crippen molar-refractivity contribution in [2.24, 2.45) is 11.7 Å². The Morgan fingerprint density at radius 1 is 1.14 bits per heavy atom. The minimum atomic E-state index is -5.05. The number of amides is 2. The van der Waals surface area contributed by atoms with Gasteiger partial charge in [-0.05, 0) is 88.9 Å². The van der Waals surface area contributed by atoms with Gasteiger partial charge in [0.15, 0.2) is 9.84 Å². The molecule has 42 heavy (non-hydrogen) atoms. The molecule has 2 aromatic rings. The van der Waals surface area contributed by atoms with Crippen molar-refractivity contribution in [1.29, 1.82) is 0 Å². The number of alkyl halides is 3. The van der Waals surface area contributed by atoms with Crippen molar-refractivity contribution < 1.29 is 35.9 Å². The van der Waals surface area contributed by atoms with Crippen LogP contribution in [0.1, 0.15) is 61.4 Å². The molecule has 1 heterocycles. The van der Waals surface area contributed by atoms with Crippen LogP contribution < -0.4 is 10.5 Å². The second kappa shape index (κ2) is 12.4. The van der Waals surface area contributed by atoms with Gasteiger partial charge in [-0.15, -0.1) is 13.2 Å². The van der Waals surface area contributed by atoms with E-state index in [1.165, 1.54) is 36.4 Å². The first-order valence-electron chi connectivity index (χ1n) is 13.8. The minimum Gasteiger partial charge on any atom is -0.405 e. The van der Waals surface area contributed by atoms with Crippen LogP contribution in [-0.4, -0.2) is 73.9 Å². The smallest absolute Gasteiger partial charge is 0.405 e. The number of primary amides is 1. The lowest BCUT2D eigenvalue weighted by molar-refractivity contribution is -0.275. The van der Waals surface area contributed by atoms with E-state index in [0.717, 1.165) is 6.07 Å². The van der Waals surface area contributed by atoms with Crippen LogP contribution in [0.4, 0.5) is 13.2 Å². The lowest BCUT2D eigenvalue weighted by Gasteiger charge is -2.44. The number of carbonyl (C=O) groups excluding carboxylic acids is 2. The number of hydrogen-bond donors (Lipinski definition) is 1. The molecule has 8 nitrogen and oxygen atoms in total. The Bertz CT molecular complexity index is 1420. The summed E-state index contributed by atoms with van der Waals surface area (Å²) in [6, 6.07) is 9.30. The van der Waals surface area contributed by atoms with Gasteiger partial charge in [0.05, 0.1) is 16.6 Å². The second-order valence-electron chi connectivity index (χ2n) is 11.3. The van der Waals surface area contributed by atoms with Crippen molar-refractivity contribution in [3.05, 3.63) is 58.6 Å². The first-order chi connectivity index (χ1) is 19.6. The number of hydrogen-bond acceptors (Lipinski definition) is 6. The highest BCUT2D eigenvalue weighted by Gasteiger charge is 2.46. The molecular formula is C29H35ClF3N3O5S. The molecule has 4 atom stereocenters. The Morgan fingerprint density at radius 2 is 1.81 bits per heavy atom. The van der Waals surface area contributed by atoms with Crippen molar-refractivity contribution in [1.82, 2.24) is 9.80 Å². The van der Waals surface area contributed by atoms with Crippen molar-refractivity contribution in [2.75, 3.05) is 19.3 Å². The van der Waals surface area contributed by atoms with Crippen LogP contribution in [0, 0.1) is 5.92 Å². The van der Waals surface area contributed by atoms with E-state index in [1.54, 1.807) is 4.90 Å². The molecule has 0 bridgehead atoms. The second-order valence-corrected chi connectivity index (χ2v) is 13.8. The van der Waals surface area contributed by atoms with Gasteiger partial charge in [-0.1, -0.05) is 17.7 Å². The Balaban J connectivity index is 1.67. The largest absolute Gasteiger partial charge is 0.573 e. The third-order valence-electron chi connectivity index (χ3n) is 8.46. The highest BCUT2D eigenvalue weighted by Crippen LogP contribution is 2.43. The fourth-order valence-electron chi connectivity index (χ4n) is 6.26. The molecule has 2 fully saturated rings. The first kappa shape index (κ1) is 32.1. The molecule has 1 saturated heterocycles. The van der Waals surface area contributed by atoms with Crippen molar-refractivity contribution in [3.63, 3.8) is 0 Å². The zero-order valence-corrected chi connectivity index (χ0v) is 25.2. The fraction of sp³-hybridized carbons (Fsp3) is 0.517. The first-order valence-corrected chi connectivity index (χ1v) is 15.8. The van der Waals surface area contributed by atoms with E-state index < -0.39 is 51.6 Å². The number of likely N-dealkylation sites (tertiary alicyclic amines) is 1. The molecule has 0 radical (unpaired) electrons. The maximum atomic E-state index is 13.9. The van der Waals surface area contributed by atoms with E-state index in [1.807, 2.05) is 7.05 Å². The summed E-state index contributed by atoms with van der Waals surface area (Å²) >= 11 is 5.96. The Labute approximate surface area is 248 Å². The normalized spacial score (nSPS) is 23.5. The Morgan fingerprint density at radius 3 is 2.40 bits per heavy atom. The molecule has 13 heteroatoms. The summed E-state index contributed by atoms with van der Waals surface area (Å²) in [7, 11) is -1.77. The average molecular weight is 630 g/mol. The van der Waals surface area contributed by atoms with E-state index in [0.29, 0.717) is 24.3 Å². The predicted molar refractivity (Wildman–Crippen MR) is 152 cm³/mol. The highest BCUT2D eigenvalue weighted by molar-refractivity contribution is 7.91. The predicted octanol–water partition coefficient (Wildman–Crippen LogP) is 5.00. The number of carbonyl (C=O) groups is 2. The Kier molecular flexibility index (Phi) is 9.49. The number of sulfone groups is 1. The van der Waals surface area contributed by atoms with Crippen LogP contribution in [0.25, 0.3) is 0 Å². The van der Waals surface area contributed by atoms with Gasteiger partial charge >= 0.3 is 6.36 Å². The molecule has 1 aliphatic carbocycles. The highest BCUT2D eigenvalue weighted by atomic mass is 35.5. The van der Waals surface area contributed by atoms with Crippen LogP contribution in [0.2, 0.25) is 5.02 Å². The maximum Gasteiger partial charge on any atom is 0.573 e. The van der Waals surface area contributed by atoms with Gasteiger partial charge in [-0.25, -0.2) is 8.42 Å². The molecule has 2 N–H and O–H groups in total. The van der Waals surface area contributed by atoms with Crippen molar-refractivity contribution >= 4 is 33.3 Å². The molecular weight excluding hydrogens is 595 g/mol. The topological polar surface area (TPSA) is 110 Å².